The third kappa shape index (κ3) is 4.81. The third-order valence-electron chi connectivity index (χ3n) is 2.27. The van der Waals surface area contributed by atoms with Crippen molar-refractivity contribution in [2.75, 3.05) is 13.2 Å². The van der Waals surface area contributed by atoms with E-state index in [2.05, 4.69) is 11.9 Å². The first-order chi connectivity index (χ1) is 9.04. The van der Waals surface area contributed by atoms with E-state index in [1.807, 2.05) is 0 Å². The Hall–Kier alpha value is -2.34. The molecule has 1 aromatic carbocycles. The van der Waals surface area contributed by atoms with Crippen molar-refractivity contribution in [2.24, 2.45) is 5.73 Å². The van der Waals surface area contributed by atoms with Crippen LogP contribution in [0.1, 0.15) is 10.4 Å². The molecule has 1 unspecified atom stereocenters. The van der Waals surface area contributed by atoms with E-state index in [1.165, 1.54) is 0 Å². The Morgan fingerprint density at radius 2 is 2.05 bits per heavy atom. The number of hydrogen-bond acceptors (Lipinski definition) is 4. The van der Waals surface area contributed by atoms with Gasteiger partial charge >= 0.3 is 0 Å². The summed E-state index contributed by atoms with van der Waals surface area (Å²) in [5.74, 6) is -0.669. The molecule has 0 radical (unpaired) electrons. The number of ether oxygens (including phenoxy) is 1. The van der Waals surface area contributed by atoms with E-state index >= 15 is 0 Å². The molecular weight excluding hydrogens is 248 g/mol. The van der Waals surface area contributed by atoms with Crippen molar-refractivity contribution in [1.82, 2.24) is 5.32 Å². The summed E-state index contributed by atoms with van der Waals surface area (Å²) in [6.07, 6.45) is 0.227. The largest absolute Gasteiger partial charge is 0.490 e. The van der Waals surface area contributed by atoms with Crippen LogP contribution >= 0.6 is 0 Å². The number of amides is 2. The summed E-state index contributed by atoms with van der Waals surface area (Å²) in [5, 5.41) is 11.5. The molecule has 0 saturated heterocycles. The Balaban J connectivity index is 2.53. The predicted molar refractivity (Wildman–Crippen MR) is 69.7 cm³/mol. The van der Waals surface area contributed by atoms with Gasteiger partial charge in [0.1, 0.15) is 18.5 Å². The molecule has 0 aliphatic carbocycles. The van der Waals surface area contributed by atoms with E-state index in [0.29, 0.717) is 17.9 Å². The number of rotatable bonds is 7. The molecule has 0 fully saturated rings. The first kappa shape index (κ1) is 14.7. The van der Waals surface area contributed by atoms with Crippen molar-refractivity contribution in [2.45, 2.75) is 6.10 Å². The molecule has 0 aliphatic heterocycles. The molecule has 2 amide bonds. The number of hydrogen-bond donors (Lipinski definition) is 3. The summed E-state index contributed by atoms with van der Waals surface area (Å²) in [6.45, 7) is 3.69. The van der Waals surface area contributed by atoms with Crippen LogP contribution in [0.25, 0.3) is 0 Å². The number of carbonyl (C=O) groups excluding carboxylic acids is 2. The number of nitrogens with one attached hydrogen (secondary N) is 1. The minimum absolute atomic E-state index is 0.219. The molecule has 0 saturated carbocycles. The van der Waals surface area contributed by atoms with Gasteiger partial charge in [0, 0.05) is 5.56 Å². The van der Waals surface area contributed by atoms with Crippen LogP contribution in [-0.2, 0) is 4.79 Å². The van der Waals surface area contributed by atoms with Crippen LogP contribution in [-0.4, -0.2) is 36.2 Å². The van der Waals surface area contributed by atoms with Crippen LogP contribution in [0.3, 0.4) is 0 Å². The van der Waals surface area contributed by atoms with Crippen molar-refractivity contribution in [3.05, 3.63) is 42.5 Å². The average molecular weight is 264 g/mol. The van der Waals surface area contributed by atoms with Gasteiger partial charge in [0.25, 0.3) is 5.91 Å². The van der Waals surface area contributed by atoms with Gasteiger partial charge in [0.05, 0.1) is 6.54 Å². The van der Waals surface area contributed by atoms with E-state index in [4.69, 9.17) is 15.6 Å². The topological polar surface area (TPSA) is 102 Å². The van der Waals surface area contributed by atoms with Crippen molar-refractivity contribution >= 4 is 11.8 Å². The zero-order chi connectivity index (χ0) is 14.3. The normalized spacial score (nSPS) is 11.4. The molecule has 6 nitrogen and oxygen atoms in total. The number of aliphatic hydroxyl groups is 1. The van der Waals surface area contributed by atoms with E-state index in [-0.39, 0.29) is 6.54 Å². The fourth-order valence-corrected chi connectivity index (χ4v) is 1.25. The SMILES string of the molecule is C=CCOc1ccc(C(=O)NCC(O)C(N)=O)cc1. The maximum atomic E-state index is 11.7. The summed E-state index contributed by atoms with van der Waals surface area (Å²) in [5.41, 5.74) is 5.25. The zero-order valence-electron chi connectivity index (χ0n) is 10.3. The summed E-state index contributed by atoms with van der Waals surface area (Å²) in [6, 6.07) is 6.43. The highest BCUT2D eigenvalue weighted by molar-refractivity contribution is 5.94. The second-order valence-electron chi connectivity index (χ2n) is 3.75. The molecule has 0 heterocycles. The molecule has 1 rings (SSSR count). The highest BCUT2D eigenvalue weighted by atomic mass is 16.5. The van der Waals surface area contributed by atoms with Gasteiger partial charge in [-0.25, -0.2) is 0 Å². The lowest BCUT2D eigenvalue weighted by molar-refractivity contribution is -0.125. The molecule has 4 N–H and O–H groups in total. The third-order valence-corrected chi connectivity index (χ3v) is 2.27. The Morgan fingerprint density at radius 3 is 2.58 bits per heavy atom. The second-order valence-corrected chi connectivity index (χ2v) is 3.75. The van der Waals surface area contributed by atoms with Gasteiger partial charge in [-0.05, 0) is 24.3 Å². The van der Waals surface area contributed by atoms with E-state index in [0.717, 1.165) is 0 Å². The number of primary amides is 1. The van der Waals surface area contributed by atoms with Gasteiger partial charge in [-0.1, -0.05) is 12.7 Å². The monoisotopic (exact) mass is 264 g/mol. The molecule has 102 valence electrons. The fourth-order valence-electron chi connectivity index (χ4n) is 1.25. The van der Waals surface area contributed by atoms with Crippen LogP contribution in [0.5, 0.6) is 5.75 Å². The van der Waals surface area contributed by atoms with Crippen LogP contribution in [0.2, 0.25) is 0 Å². The van der Waals surface area contributed by atoms with Gasteiger partial charge < -0.3 is 20.9 Å². The van der Waals surface area contributed by atoms with Crippen molar-refractivity contribution in [1.29, 1.82) is 0 Å². The minimum Gasteiger partial charge on any atom is -0.490 e. The van der Waals surface area contributed by atoms with Gasteiger partial charge in [-0.15, -0.1) is 0 Å². The van der Waals surface area contributed by atoms with Crippen LogP contribution in [0, 0.1) is 0 Å². The van der Waals surface area contributed by atoms with Gasteiger partial charge in [0.2, 0.25) is 5.91 Å². The second kappa shape index (κ2) is 7.17. The summed E-state index contributed by atoms with van der Waals surface area (Å²) in [7, 11) is 0. The Labute approximate surface area is 110 Å². The maximum absolute atomic E-state index is 11.7. The van der Waals surface area contributed by atoms with Crippen LogP contribution in [0.15, 0.2) is 36.9 Å². The minimum atomic E-state index is -1.39. The number of benzene rings is 1. The smallest absolute Gasteiger partial charge is 0.251 e. The number of aliphatic hydroxyl groups excluding tert-OH is 1. The average Bonchev–Trinajstić information content (AvgIpc) is 2.42. The lowest BCUT2D eigenvalue weighted by atomic mass is 10.2. The fraction of sp³-hybridized carbons (Fsp3) is 0.231. The van der Waals surface area contributed by atoms with E-state index in [9.17, 15) is 9.59 Å². The molecule has 0 aliphatic rings. The first-order valence-electron chi connectivity index (χ1n) is 5.64. The van der Waals surface area contributed by atoms with E-state index in [1.54, 1.807) is 30.3 Å². The summed E-state index contributed by atoms with van der Waals surface area (Å²) in [4.78, 5) is 22.3. The Kier molecular flexibility index (Phi) is 5.56. The lowest BCUT2D eigenvalue weighted by Crippen LogP contribution is -2.39. The standard InChI is InChI=1S/C13H16N2O4/c1-2-7-19-10-5-3-9(4-6-10)13(18)15-8-11(16)12(14)17/h2-6,11,16H,1,7-8H2,(H2,14,17)(H,15,18). The highest BCUT2D eigenvalue weighted by Crippen LogP contribution is 2.12. The number of nitrogens with two attached hydrogens (primary N) is 1. The molecule has 0 spiro atoms. The van der Waals surface area contributed by atoms with Crippen molar-refractivity contribution in [3.63, 3.8) is 0 Å². The summed E-state index contributed by atoms with van der Waals surface area (Å²) < 4.78 is 5.27. The number of carbonyl (C=O) groups is 2. The molecule has 0 bridgehead atoms. The maximum Gasteiger partial charge on any atom is 0.251 e. The molecule has 1 atom stereocenters. The van der Waals surface area contributed by atoms with Gasteiger partial charge in [-0.3, -0.25) is 9.59 Å². The summed E-state index contributed by atoms with van der Waals surface area (Å²) >= 11 is 0. The van der Waals surface area contributed by atoms with Gasteiger partial charge in [-0.2, -0.15) is 0 Å². The zero-order valence-corrected chi connectivity index (χ0v) is 10.3. The first-order valence-corrected chi connectivity index (χ1v) is 5.64. The Morgan fingerprint density at radius 1 is 1.42 bits per heavy atom. The van der Waals surface area contributed by atoms with E-state index < -0.39 is 17.9 Å². The highest BCUT2D eigenvalue weighted by Gasteiger charge is 2.13. The van der Waals surface area contributed by atoms with Crippen LogP contribution in [0.4, 0.5) is 0 Å². The molecule has 0 aromatic heterocycles. The molecule has 1 aromatic rings. The quantitative estimate of drug-likeness (QED) is 0.595. The van der Waals surface area contributed by atoms with Crippen molar-refractivity contribution < 1.29 is 19.4 Å². The van der Waals surface area contributed by atoms with Gasteiger partial charge in [0.15, 0.2) is 0 Å². The molecular formula is C13H16N2O4. The molecule has 19 heavy (non-hydrogen) atoms. The van der Waals surface area contributed by atoms with Crippen LogP contribution < -0.4 is 15.8 Å². The van der Waals surface area contributed by atoms with Crippen molar-refractivity contribution in [3.8, 4) is 5.75 Å². The lowest BCUT2D eigenvalue weighted by Gasteiger charge is -2.09. The molecule has 6 heteroatoms. The predicted octanol–water partition coefficient (Wildman–Crippen LogP) is -0.173. The Bertz CT molecular complexity index is 456.